The Labute approximate surface area is 64.9 Å². The summed E-state index contributed by atoms with van der Waals surface area (Å²) < 4.78 is 12.3. The number of hydrogen-bond donors (Lipinski definition) is 0. The highest BCUT2D eigenvalue weighted by atomic mass is 19.1. The molecule has 0 aliphatic carbocycles. The lowest BCUT2D eigenvalue weighted by atomic mass is 10.1. The van der Waals surface area contributed by atoms with Crippen LogP contribution in [-0.2, 0) is 11.2 Å². The van der Waals surface area contributed by atoms with Crippen molar-refractivity contribution in [2.24, 2.45) is 0 Å². The van der Waals surface area contributed by atoms with Crippen LogP contribution in [0.4, 0.5) is 4.39 Å². The van der Waals surface area contributed by atoms with Gasteiger partial charge in [0, 0.05) is 12.5 Å². The molecule has 11 heavy (non-hydrogen) atoms. The largest absolute Gasteiger partial charge is 0.300 e. The maximum atomic E-state index is 12.3. The van der Waals surface area contributed by atoms with Crippen molar-refractivity contribution in [1.29, 1.82) is 0 Å². The molecule has 0 saturated heterocycles. The predicted octanol–water partition coefficient (Wildman–Crippen LogP) is 1.76. The average molecular weight is 151 g/mol. The molecule has 0 aliphatic heterocycles. The van der Waals surface area contributed by atoms with Crippen molar-refractivity contribution in [3.63, 3.8) is 0 Å². The molecule has 0 aromatic heterocycles. The third kappa shape index (κ3) is 2.50. The molecule has 1 aromatic carbocycles. The van der Waals surface area contributed by atoms with Gasteiger partial charge in [-0.05, 0) is 24.6 Å². The van der Waals surface area contributed by atoms with Gasteiger partial charge >= 0.3 is 0 Å². The average Bonchev–Trinajstić information content (AvgIpc) is 1.93. The van der Waals surface area contributed by atoms with Crippen molar-refractivity contribution in [2.75, 3.05) is 0 Å². The lowest BCUT2D eigenvalue weighted by Gasteiger charge is -1.94. The van der Waals surface area contributed by atoms with E-state index < -0.39 is 5.82 Å². The molecular weight excluding hydrogens is 143 g/mol. The van der Waals surface area contributed by atoms with E-state index in [4.69, 9.17) is 0 Å². The molecule has 0 fully saturated rings. The molecule has 1 nitrogen and oxygen atoms in total. The summed E-state index contributed by atoms with van der Waals surface area (Å²) in [6.07, 6.45) is 0.358. The maximum Gasteiger partial charge on any atom is 0.134 e. The molecule has 0 atom stereocenters. The summed E-state index contributed by atoms with van der Waals surface area (Å²) >= 11 is 0. The van der Waals surface area contributed by atoms with Gasteiger partial charge in [0.05, 0.1) is 0 Å². The second kappa shape index (κ2) is 3.28. The number of benzene rings is 1. The Bertz CT molecular complexity index is 251. The van der Waals surface area contributed by atoms with Gasteiger partial charge in [0.1, 0.15) is 11.6 Å². The number of carbonyl (C=O) groups excluding carboxylic acids is 1. The molecule has 1 aromatic rings. The Balaban J connectivity index is 2.74. The molecule has 0 heterocycles. The van der Waals surface area contributed by atoms with E-state index >= 15 is 0 Å². The Morgan fingerprint density at radius 3 is 2.82 bits per heavy atom. The van der Waals surface area contributed by atoms with Crippen LogP contribution in [0.15, 0.2) is 18.2 Å². The molecule has 0 unspecified atom stereocenters. The molecule has 0 bridgehead atoms. The van der Waals surface area contributed by atoms with Gasteiger partial charge in [-0.2, -0.15) is 0 Å². The summed E-state index contributed by atoms with van der Waals surface area (Å²) in [4.78, 5) is 10.6. The van der Waals surface area contributed by atoms with Gasteiger partial charge in [-0.3, -0.25) is 4.79 Å². The topological polar surface area (TPSA) is 17.1 Å². The summed E-state index contributed by atoms with van der Waals surface area (Å²) in [6.45, 7) is 1.50. The van der Waals surface area contributed by atoms with E-state index in [1.807, 2.05) is 0 Å². The smallest absolute Gasteiger partial charge is 0.134 e. The highest BCUT2D eigenvalue weighted by molar-refractivity contribution is 5.78. The number of ketones is 1. The Morgan fingerprint density at radius 1 is 1.64 bits per heavy atom. The number of halogens is 1. The summed E-state index contributed by atoms with van der Waals surface area (Å²) in [7, 11) is 0. The molecule has 0 aliphatic rings. The first kappa shape index (κ1) is 7.92. The van der Waals surface area contributed by atoms with Crippen LogP contribution < -0.4 is 0 Å². The predicted molar refractivity (Wildman–Crippen MR) is 39.6 cm³/mol. The van der Waals surface area contributed by atoms with Crippen LogP contribution in [-0.4, -0.2) is 5.78 Å². The zero-order valence-corrected chi connectivity index (χ0v) is 6.23. The minimum absolute atomic E-state index is 0.0741. The fraction of sp³-hybridized carbons (Fsp3) is 0.222. The Morgan fingerprint density at radius 2 is 2.36 bits per heavy atom. The molecular formula is C9H8FO. The van der Waals surface area contributed by atoms with E-state index in [0.29, 0.717) is 6.42 Å². The zero-order valence-electron chi connectivity index (χ0n) is 6.23. The van der Waals surface area contributed by atoms with E-state index in [1.54, 1.807) is 6.07 Å². The fourth-order valence-corrected chi connectivity index (χ4v) is 0.835. The van der Waals surface area contributed by atoms with Gasteiger partial charge in [-0.25, -0.2) is 4.39 Å². The monoisotopic (exact) mass is 151 g/mol. The standard InChI is InChI=1S/C9H8FO/c1-7(11)6-8-2-4-9(10)5-3-8/h2-4H,6H2,1H3. The second-order valence-corrected chi connectivity index (χ2v) is 2.42. The first-order valence-corrected chi connectivity index (χ1v) is 3.34. The summed E-state index contributed by atoms with van der Waals surface area (Å²) in [6, 6.07) is 6.78. The third-order valence-corrected chi connectivity index (χ3v) is 1.29. The zero-order chi connectivity index (χ0) is 8.27. The van der Waals surface area contributed by atoms with E-state index in [2.05, 4.69) is 6.07 Å². The van der Waals surface area contributed by atoms with E-state index in [9.17, 15) is 9.18 Å². The van der Waals surface area contributed by atoms with Crippen LogP contribution in [0, 0.1) is 11.9 Å². The normalized spacial score (nSPS) is 9.64. The van der Waals surface area contributed by atoms with Crippen molar-refractivity contribution in [2.45, 2.75) is 13.3 Å². The van der Waals surface area contributed by atoms with Crippen molar-refractivity contribution in [3.05, 3.63) is 35.6 Å². The van der Waals surface area contributed by atoms with E-state index in [1.165, 1.54) is 19.1 Å². The van der Waals surface area contributed by atoms with Gasteiger partial charge in [0.2, 0.25) is 0 Å². The molecule has 0 amide bonds. The number of Topliss-reactive ketones (excluding diaryl/α,β-unsaturated/α-hetero) is 1. The van der Waals surface area contributed by atoms with Crippen molar-refractivity contribution in [1.82, 2.24) is 0 Å². The third-order valence-electron chi connectivity index (χ3n) is 1.29. The second-order valence-electron chi connectivity index (χ2n) is 2.42. The van der Waals surface area contributed by atoms with Gasteiger partial charge in [0.25, 0.3) is 0 Å². The molecule has 0 saturated carbocycles. The summed E-state index contributed by atoms with van der Waals surface area (Å²) in [5.74, 6) is -0.317. The number of hydrogen-bond acceptors (Lipinski definition) is 1. The minimum Gasteiger partial charge on any atom is -0.300 e. The lowest BCUT2D eigenvalue weighted by molar-refractivity contribution is -0.116. The highest BCUT2D eigenvalue weighted by Gasteiger charge is 1.96. The summed E-state index contributed by atoms with van der Waals surface area (Å²) in [5.41, 5.74) is 0.805. The van der Waals surface area contributed by atoms with E-state index in [0.717, 1.165) is 5.56 Å². The van der Waals surface area contributed by atoms with Crippen molar-refractivity contribution < 1.29 is 9.18 Å². The van der Waals surface area contributed by atoms with Crippen LogP contribution in [0.2, 0.25) is 0 Å². The van der Waals surface area contributed by atoms with Crippen LogP contribution >= 0.6 is 0 Å². The molecule has 2 heteroatoms. The van der Waals surface area contributed by atoms with Crippen molar-refractivity contribution >= 4 is 5.78 Å². The molecule has 0 spiro atoms. The van der Waals surface area contributed by atoms with E-state index in [-0.39, 0.29) is 5.78 Å². The van der Waals surface area contributed by atoms with Gasteiger partial charge in [0.15, 0.2) is 0 Å². The summed E-state index contributed by atoms with van der Waals surface area (Å²) in [5, 5.41) is 0. The molecule has 1 rings (SSSR count). The molecule has 1 radical (unpaired) electrons. The Kier molecular flexibility index (Phi) is 2.36. The number of rotatable bonds is 2. The SMILES string of the molecule is CC(=O)Cc1c[c]c(F)cc1. The highest BCUT2D eigenvalue weighted by Crippen LogP contribution is 2.02. The van der Waals surface area contributed by atoms with Gasteiger partial charge < -0.3 is 0 Å². The van der Waals surface area contributed by atoms with Gasteiger partial charge in [-0.15, -0.1) is 0 Å². The maximum absolute atomic E-state index is 12.3. The quantitative estimate of drug-likeness (QED) is 0.629. The van der Waals surface area contributed by atoms with Crippen LogP contribution in [0.25, 0.3) is 0 Å². The lowest BCUT2D eigenvalue weighted by Crippen LogP contribution is -1.95. The van der Waals surface area contributed by atoms with Gasteiger partial charge in [-0.1, -0.05) is 6.07 Å². The first-order chi connectivity index (χ1) is 5.18. The van der Waals surface area contributed by atoms with Crippen LogP contribution in [0.3, 0.4) is 0 Å². The molecule has 0 N–H and O–H groups in total. The van der Waals surface area contributed by atoms with Crippen molar-refractivity contribution in [3.8, 4) is 0 Å². The van der Waals surface area contributed by atoms with Crippen LogP contribution in [0.5, 0.6) is 0 Å². The number of carbonyl (C=O) groups is 1. The first-order valence-electron chi connectivity index (χ1n) is 3.34. The molecule has 57 valence electrons. The Hall–Kier alpha value is -1.18. The minimum atomic E-state index is -0.391. The fourth-order valence-electron chi connectivity index (χ4n) is 0.835. The van der Waals surface area contributed by atoms with Crippen LogP contribution in [0.1, 0.15) is 12.5 Å².